The molecule has 7 nitrogen and oxygen atoms in total. The van der Waals surface area contributed by atoms with Gasteiger partial charge >= 0.3 is 0 Å². The van der Waals surface area contributed by atoms with E-state index in [0.29, 0.717) is 31.6 Å². The molecule has 1 aliphatic heterocycles. The Morgan fingerprint density at radius 3 is 2.31 bits per heavy atom. The quantitative estimate of drug-likeness (QED) is 0.802. The normalized spacial score (nSPS) is 15.9. The van der Waals surface area contributed by atoms with Gasteiger partial charge in [0, 0.05) is 19.0 Å². The number of carbonyl (C=O) groups excluding carboxylic acids is 2. The van der Waals surface area contributed by atoms with E-state index in [1.165, 1.54) is 4.31 Å². The number of primary amides is 1. The third-order valence-electron chi connectivity index (χ3n) is 4.76. The first-order valence-electron chi connectivity index (χ1n) is 8.75. The molecule has 1 aliphatic rings. The second kappa shape index (κ2) is 8.07. The second-order valence-corrected chi connectivity index (χ2v) is 8.95. The lowest BCUT2D eigenvalue weighted by Gasteiger charge is -2.33. The van der Waals surface area contributed by atoms with E-state index in [4.69, 9.17) is 5.73 Å². The van der Waals surface area contributed by atoms with Crippen molar-refractivity contribution in [3.05, 3.63) is 29.8 Å². The average Bonchev–Trinajstić information content (AvgIpc) is 2.58. The predicted octanol–water partition coefficient (Wildman–Crippen LogP) is 1.30. The van der Waals surface area contributed by atoms with Crippen LogP contribution in [0.3, 0.4) is 0 Å². The Bertz CT molecular complexity index is 768. The van der Waals surface area contributed by atoms with Gasteiger partial charge in [0.25, 0.3) is 0 Å². The summed E-state index contributed by atoms with van der Waals surface area (Å²) in [6.07, 6.45) is 2.14. The lowest BCUT2D eigenvalue weighted by molar-refractivity contribution is -0.133. The summed E-state index contributed by atoms with van der Waals surface area (Å²) in [4.78, 5) is 25.6. The van der Waals surface area contributed by atoms with Gasteiger partial charge in [-0.1, -0.05) is 32.0 Å². The minimum absolute atomic E-state index is 0.122. The number of hydrogen-bond donors (Lipinski definition) is 1. The smallest absolute Gasteiger partial charge is 0.243 e. The van der Waals surface area contributed by atoms with E-state index in [1.807, 2.05) is 26.0 Å². The summed E-state index contributed by atoms with van der Waals surface area (Å²) in [6.45, 7) is 4.54. The molecular formula is C18H27N3O4S. The summed E-state index contributed by atoms with van der Waals surface area (Å²) in [5.74, 6) is -0.707. The number of carbonyl (C=O) groups is 2. The first-order valence-corrected chi connectivity index (χ1v) is 10.6. The number of nitrogens with two attached hydrogens (primary N) is 1. The van der Waals surface area contributed by atoms with Crippen LogP contribution in [0.15, 0.2) is 24.3 Å². The van der Waals surface area contributed by atoms with Gasteiger partial charge in [-0.05, 0) is 30.4 Å². The van der Waals surface area contributed by atoms with E-state index < -0.39 is 10.0 Å². The summed E-state index contributed by atoms with van der Waals surface area (Å²) >= 11 is 0. The zero-order valence-electron chi connectivity index (χ0n) is 15.5. The van der Waals surface area contributed by atoms with Crippen molar-refractivity contribution < 1.29 is 18.0 Å². The van der Waals surface area contributed by atoms with Gasteiger partial charge in [0.05, 0.1) is 11.9 Å². The number of benzene rings is 1. The van der Waals surface area contributed by atoms with Gasteiger partial charge in [-0.15, -0.1) is 0 Å². The van der Waals surface area contributed by atoms with Crippen LogP contribution in [0.5, 0.6) is 0 Å². The first-order chi connectivity index (χ1) is 12.1. The Hall–Kier alpha value is -2.09. The molecule has 2 rings (SSSR count). The fraction of sp³-hybridized carbons (Fsp3) is 0.556. The van der Waals surface area contributed by atoms with E-state index in [0.717, 1.165) is 11.8 Å². The lowest BCUT2D eigenvalue weighted by atomic mass is 9.96. The van der Waals surface area contributed by atoms with Crippen LogP contribution in [0.4, 0.5) is 5.69 Å². The Morgan fingerprint density at radius 1 is 1.23 bits per heavy atom. The van der Waals surface area contributed by atoms with Crippen molar-refractivity contribution in [1.82, 2.24) is 4.90 Å². The summed E-state index contributed by atoms with van der Waals surface area (Å²) < 4.78 is 25.9. The molecule has 0 atom stereocenters. The molecule has 0 saturated carbocycles. The zero-order chi connectivity index (χ0) is 19.5. The van der Waals surface area contributed by atoms with Crippen LogP contribution in [0.2, 0.25) is 0 Å². The predicted molar refractivity (Wildman–Crippen MR) is 101 cm³/mol. The second-order valence-electron chi connectivity index (χ2n) is 7.04. The highest BCUT2D eigenvalue weighted by atomic mass is 32.2. The molecule has 0 unspecified atom stereocenters. The molecule has 26 heavy (non-hydrogen) atoms. The van der Waals surface area contributed by atoms with Crippen LogP contribution in [0.1, 0.15) is 38.2 Å². The van der Waals surface area contributed by atoms with Crippen molar-refractivity contribution in [2.45, 2.75) is 32.6 Å². The largest absolute Gasteiger partial charge is 0.369 e. The fourth-order valence-corrected chi connectivity index (χ4v) is 4.09. The Morgan fingerprint density at radius 2 is 1.81 bits per heavy atom. The van der Waals surface area contributed by atoms with Crippen LogP contribution in [-0.2, 0) is 19.6 Å². The number of sulfonamides is 1. The topological polar surface area (TPSA) is 101 Å². The zero-order valence-corrected chi connectivity index (χ0v) is 16.3. The third kappa shape index (κ3) is 4.75. The summed E-state index contributed by atoms with van der Waals surface area (Å²) in [7, 11) is -3.62. The third-order valence-corrected chi connectivity index (χ3v) is 5.88. The van der Waals surface area contributed by atoms with Gasteiger partial charge in [0.2, 0.25) is 21.8 Å². The molecule has 1 aromatic carbocycles. The number of likely N-dealkylation sites (tertiary alicyclic amines) is 1. The maximum atomic E-state index is 12.7. The molecule has 0 aliphatic carbocycles. The molecular weight excluding hydrogens is 354 g/mol. The molecule has 1 fully saturated rings. The molecule has 144 valence electrons. The SMILES string of the molecule is CC(C)c1ccccc1N(CC(=O)N1CCC(C(N)=O)CC1)S(C)(=O)=O. The number of hydrogen-bond acceptors (Lipinski definition) is 4. The molecule has 1 saturated heterocycles. The molecule has 0 radical (unpaired) electrons. The number of amides is 2. The summed E-state index contributed by atoms with van der Waals surface area (Å²) in [6, 6.07) is 7.22. The lowest BCUT2D eigenvalue weighted by Crippen LogP contribution is -2.47. The molecule has 2 N–H and O–H groups in total. The van der Waals surface area contributed by atoms with Crippen molar-refractivity contribution >= 4 is 27.5 Å². The fourth-order valence-electron chi connectivity index (χ4n) is 3.22. The molecule has 1 aromatic rings. The minimum Gasteiger partial charge on any atom is -0.369 e. The number of piperidine rings is 1. The van der Waals surface area contributed by atoms with Crippen molar-refractivity contribution in [3.63, 3.8) is 0 Å². The van der Waals surface area contributed by atoms with Gasteiger partial charge in [-0.25, -0.2) is 8.42 Å². The van der Waals surface area contributed by atoms with E-state index in [2.05, 4.69) is 0 Å². The molecule has 8 heteroatoms. The van der Waals surface area contributed by atoms with E-state index in [-0.39, 0.29) is 30.2 Å². The average molecular weight is 381 g/mol. The Kier molecular flexibility index (Phi) is 6.28. The van der Waals surface area contributed by atoms with Crippen molar-refractivity contribution in [2.75, 3.05) is 30.2 Å². The van der Waals surface area contributed by atoms with E-state index >= 15 is 0 Å². The van der Waals surface area contributed by atoms with Crippen molar-refractivity contribution in [3.8, 4) is 0 Å². The number of rotatable bonds is 6. The van der Waals surface area contributed by atoms with Crippen LogP contribution in [-0.4, -0.2) is 51.0 Å². The van der Waals surface area contributed by atoms with Gasteiger partial charge in [-0.2, -0.15) is 0 Å². The Balaban J connectivity index is 2.20. The van der Waals surface area contributed by atoms with E-state index in [1.54, 1.807) is 17.0 Å². The monoisotopic (exact) mass is 381 g/mol. The highest BCUT2D eigenvalue weighted by Crippen LogP contribution is 2.29. The van der Waals surface area contributed by atoms with Crippen molar-refractivity contribution in [1.29, 1.82) is 0 Å². The van der Waals surface area contributed by atoms with Crippen LogP contribution in [0, 0.1) is 5.92 Å². The molecule has 0 bridgehead atoms. The number of nitrogens with zero attached hydrogens (tertiary/aromatic N) is 2. The number of anilines is 1. The maximum absolute atomic E-state index is 12.7. The Labute approximate surface area is 155 Å². The summed E-state index contributed by atoms with van der Waals surface area (Å²) in [5, 5.41) is 0. The van der Waals surface area contributed by atoms with Crippen LogP contribution < -0.4 is 10.0 Å². The molecule has 1 heterocycles. The minimum atomic E-state index is -3.62. The van der Waals surface area contributed by atoms with Gasteiger partial charge in [-0.3, -0.25) is 13.9 Å². The molecule has 2 amide bonds. The van der Waals surface area contributed by atoms with Gasteiger partial charge < -0.3 is 10.6 Å². The summed E-state index contributed by atoms with van der Waals surface area (Å²) in [5.41, 5.74) is 6.72. The maximum Gasteiger partial charge on any atom is 0.243 e. The van der Waals surface area contributed by atoms with Crippen molar-refractivity contribution in [2.24, 2.45) is 11.7 Å². The standard InChI is InChI=1S/C18H27N3O4S/c1-13(2)15-6-4-5-7-16(15)21(26(3,24)25)12-17(22)20-10-8-14(9-11-20)18(19)23/h4-7,13-14H,8-12H2,1-3H3,(H2,19,23). The van der Waals surface area contributed by atoms with Crippen LogP contribution in [0.25, 0.3) is 0 Å². The van der Waals surface area contributed by atoms with Crippen LogP contribution >= 0.6 is 0 Å². The number of para-hydroxylation sites is 1. The highest BCUT2D eigenvalue weighted by molar-refractivity contribution is 7.92. The van der Waals surface area contributed by atoms with Gasteiger partial charge in [0.1, 0.15) is 6.54 Å². The molecule has 0 aromatic heterocycles. The van der Waals surface area contributed by atoms with E-state index in [9.17, 15) is 18.0 Å². The van der Waals surface area contributed by atoms with Gasteiger partial charge in [0.15, 0.2) is 0 Å². The first kappa shape index (κ1) is 20.2. The molecule has 0 spiro atoms. The highest BCUT2D eigenvalue weighted by Gasteiger charge is 2.29.